The minimum atomic E-state index is -3.69. The molecule has 0 unspecified atom stereocenters. The molecule has 0 fully saturated rings. The first-order valence-electron chi connectivity index (χ1n) is 5.00. The van der Waals surface area contributed by atoms with Gasteiger partial charge in [-0.25, -0.2) is 0 Å². The Labute approximate surface area is 115 Å². The summed E-state index contributed by atoms with van der Waals surface area (Å²) in [6, 6.07) is 18.1. The number of nitrogen functional groups attached to an aromatic ring is 1. The molecule has 3 nitrogen and oxygen atoms in total. The van der Waals surface area contributed by atoms with Gasteiger partial charge in [0.15, 0.2) is 0 Å². The topological polar surface area (TPSA) is 63.3 Å². The van der Waals surface area contributed by atoms with Crippen LogP contribution in [0.5, 0.6) is 0 Å². The van der Waals surface area contributed by atoms with Gasteiger partial charge in [-0.3, -0.25) is 4.57 Å². The van der Waals surface area contributed by atoms with Crippen LogP contribution in [-0.2, 0) is 4.57 Å². The quantitative estimate of drug-likeness (QED) is 0.602. The second-order valence-corrected chi connectivity index (χ2v) is 7.53. The molecule has 2 rings (SSSR count). The van der Waals surface area contributed by atoms with Crippen molar-refractivity contribution in [2.75, 3.05) is 5.73 Å². The van der Waals surface area contributed by atoms with Gasteiger partial charge in [0.25, 0.3) is 0 Å². The van der Waals surface area contributed by atoms with E-state index in [0.717, 1.165) is 11.3 Å². The Bertz CT molecular complexity index is 535. The van der Waals surface area contributed by atoms with Crippen molar-refractivity contribution in [1.82, 2.24) is 0 Å². The van der Waals surface area contributed by atoms with E-state index in [0.29, 0.717) is 0 Å². The predicted molar refractivity (Wildman–Crippen MR) is 77.8 cm³/mol. The maximum Gasteiger partial charge on any atom is 0.377 e. The molecular weight excluding hydrogens is 292 g/mol. The molecular formula is C12H12Cl2NO2P. The first-order valence-corrected chi connectivity index (χ1v) is 8.47. The number of nitrogens with two attached hydrogens (primary N) is 1. The van der Waals surface area contributed by atoms with Gasteiger partial charge >= 0.3 is 6.07 Å². The third-order valence-corrected chi connectivity index (χ3v) is 2.05. The van der Waals surface area contributed by atoms with Gasteiger partial charge in [0, 0.05) is 11.3 Å². The summed E-state index contributed by atoms with van der Waals surface area (Å²) in [4.78, 5) is 7.61. The van der Waals surface area contributed by atoms with Gasteiger partial charge in [-0.05, 0) is 34.1 Å². The van der Waals surface area contributed by atoms with Crippen LogP contribution in [0.2, 0.25) is 0 Å². The maximum atomic E-state index is 9.30. The van der Waals surface area contributed by atoms with Crippen molar-refractivity contribution >= 4 is 34.2 Å². The summed E-state index contributed by atoms with van der Waals surface area (Å²) in [5.74, 6) is 0. The highest BCUT2D eigenvalue weighted by molar-refractivity contribution is 8.04. The van der Waals surface area contributed by atoms with Crippen LogP contribution >= 0.6 is 28.6 Å². The van der Waals surface area contributed by atoms with Gasteiger partial charge in [-0.1, -0.05) is 48.5 Å². The molecule has 0 aromatic heterocycles. The van der Waals surface area contributed by atoms with Gasteiger partial charge in [-0.15, -0.1) is 0 Å². The van der Waals surface area contributed by atoms with Crippen LogP contribution in [0.25, 0.3) is 11.1 Å². The lowest BCUT2D eigenvalue weighted by atomic mass is 10.0. The number of hydrogen-bond donors (Lipinski definition) is 2. The van der Waals surface area contributed by atoms with E-state index in [1.165, 1.54) is 5.56 Å². The second-order valence-electron chi connectivity index (χ2n) is 3.39. The monoisotopic (exact) mass is 303 g/mol. The van der Waals surface area contributed by atoms with E-state index in [2.05, 4.69) is 34.6 Å². The van der Waals surface area contributed by atoms with Crippen molar-refractivity contribution < 1.29 is 9.46 Å². The zero-order valence-electron chi connectivity index (χ0n) is 9.33. The largest absolute Gasteiger partial charge is 0.398 e. The lowest BCUT2D eigenvalue weighted by Gasteiger charge is -2.03. The zero-order valence-corrected chi connectivity index (χ0v) is 11.7. The van der Waals surface area contributed by atoms with E-state index in [4.69, 9.17) is 10.6 Å². The second kappa shape index (κ2) is 6.81. The molecule has 0 aliphatic rings. The molecule has 96 valence electrons. The zero-order chi connectivity index (χ0) is 13.6. The van der Waals surface area contributed by atoms with Crippen LogP contribution in [0.1, 0.15) is 0 Å². The van der Waals surface area contributed by atoms with Gasteiger partial charge in [0.2, 0.25) is 0 Å². The van der Waals surface area contributed by atoms with Crippen LogP contribution in [0, 0.1) is 0 Å². The van der Waals surface area contributed by atoms with E-state index in [-0.39, 0.29) is 0 Å². The molecule has 0 spiro atoms. The Morgan fingerprint density at radius 1 is 0.944 bits per heavy atom. The van der Waals surface area contributed by atoms with Gasteiger partial charge in [0.1, 0.15) is 0 Å². The summed E-state index contributed by atoms with van der Waals surface area (Å²) in [5, 5.41) is 0. The van der Waals surface area contributed by atoms with Gasteiger partial charge < -0.3 is 10.6 Å². The van der Waals surface area contributed by atoms with E-state index < -0.39 is 6.07 Å². The average Bonchev–Trinajstić information content (AvgIpc) is 2.29. The fraction of sp³-hybridized carbons (Fsp3) is 0. The summed E-state index contributed by atoms with van der Waals surface area (Å²) in [5.41, 5.74) is 8.95. The fourth-order valence-corrected chi connectivity index (χ4v) is 1.38. The highest BCUT2D eigenvalue weighted by Crippen LogP contribution is 2.51. The molecule has 0 heterocycles. The molecule has 0 saturated heterocycles. The van der Waals surface area contributed by atoms with Crippen molar-refractivity contribution in [3.63, 3.8) is 0 Å². The van der Waals surface area contributed by atoms with Crippen molar-refractivity contribution in [3.05, 3.63) is 54.6 Å². The third kappa shape index (κ3) is 6.08. The average molecular weight is 304 g/mol. The SMILES string of the molecule is Nc1ccccc1-c1ccccc1.O=P(O)(Cl)Cl. The molecule has 0 amide bonds. The van der Waals surface area contributed by atoms with Crippen molar-refractivity contribution in [2.45, 2.75) is 0 Å². The Hall–Kier alpha value is -0.990. The van der Waals surface area contributed by atoms with Crippen molar-refractivity contribution in [1.29, 1.82) is 0 Å². The molecule has 0 aliphatic heterocycles. The van der Waals surface area contributed by atoms with Crippen molar-refractivity contribution in [3.8, 4) is 11.1 Å². The summed E-state index contributed by atoms with van der Waals surface area (Å²) in [6.07, 6.45) is -3.69. The number of hydrogen-bond acceptors (Lipinski definition) is 2. The number of para-hydroxylation sites is 1. The smallest absolute Gasteiger partial charge is 0.377 e. The highest BCUT2D eigenvalue weighted by atomic mass is 35.9. The van der Waals surface area contributed by atoms with Crippen LogP contribution in [0.15, 0.2) is 54.6 Å². The molecule has 6 heteroatoms. The van der Waals surface area contributed by atoms with Crippen LogP contribution in [0.4, 0.5) is 5.69 Å². The number of halogens is 2. The van der Waals surface area contributed by atoms with Crippen LogP contribution in [-0.4, -0.2) is 4.89 Å². The molecule has 2 aromatic rings. The molecule has 0 atom stereocenters. The molecule has 0 aliphatic carbocycles. The maximum absolute atomic E-state index is 9.30. The standard InChI is InChI=1S/C12H11N.Cl2HO2P/c13-12-9-5-4-8-11(12)10-6-2-1-3-7-10;1-5(2,3)4/h1-9H,13H2;(H,3,4). The highest BCUT2D eigenvalue weighted by Gasteiger charge is 2.02. The Kier molecular flexibility index (Phi) is 5.70. The molecule has 0 saturated carbocycles. The Morgan fingerprint density at radius 3 is 1.89 bits per heavy atom. The first kappa shape index (κ1) is 15.1. The van der Waals surface area contributed by atoms with Crippen LogP contribution in [0.3, 0.4) is 0 Å². The lowest BCUT2D eigenvalue weighted by Crippen LogP contribution is -1.88. The van der Waals surface area contributed by atoms with Crippen molar-refractivity contribution in [2.24, 2.45) is 0 Å². The molecule has 0 bridgehead atoms. The number of anilines is 1. The van der Waals surface area contributed by atoms with Crippen LogP contribution < -0.4 is 5.73 Å². The fourth-order valence-electron chi connectivity index (χ4n) is 1.38. The minimum Gasteiger partial charge on any atom is -0.398 e. The summed E-state index contributed by atoms with van der Waals surface area (Å²) >= 11 is 8.81. The summed E-state index contributed by atoms with van der Waals surface area (Å²) < 4.78 is 9.30. The van der Waals surface area contributed by atoms with E-state index in [9.17, 15) is 4.57 Å². The first-order chi connectivity index (χ1) is 8.38. The normalized spacial score (nSPS) is 10.4. The Morgan fingerprint density at radius 2 is 1.39 bits per heavy atom. The van der Waals surface area contributed by atoms with E-state index in [1.807, 2.05) is 42.5 Å². The molecule has 18 heavy (non-hydrogen) atoms. The molecule has 0 radical (unpaired) electrons. The summed E-state index contributed by atoms with van der Waals surface area (Å²) in [7, 11) is 0. The van der Waals surface area contributed by atoms with Gasteiger partial charge in [-0.2, -0.15) is 0 Å². The lowest BCUT2D eigenvalue weighted by molar-refractivity contribution is 0.512. The molecule has 2 aromatic carbocycles. The third-order valence-electron chi connectivity index (χ3n) is 2.05. The van der Waals surface area contributed by atoms with Gasteiger partial charge in [0.05, 0.1) is 0 Å². The Balaban J connectivity index is 0.000000280. The summed E-state index contributed by atoms with van der Waals surface area (Å²) in [6.45, 7) is 0. The minimum absolute atomic E-state index is 0.828. The molecule has 3 N–H and O–H groups in total. The predicted octanol–water partition coefficient (Wildman–Crippen LogP) is 4.50. The number of benzene rings is 2. The van der Waals surface area contributed by atoms with E-state index >= 15 is 0 Å². The van der Waals surface area contributed by atoms with E-state index in [1.54, 1.807) is 0 Å². The number of rotatable bonds is 1.